The SMILES string of the molecule is C=CCN(Cn1nnc2ccccc21)C(=O)C1N([C@@H](CO)C(C)C)C(=O)[C@@H]2[C@H](C(=O)OCC)[C@]3(CC)CCC12O3. The predicted molar refractivity (Wildman–Crippen MR) is 145 cm³/mol. The molecule has 0 aliphatic carbocycles. The molecule has 40 heavy (non-hydrogen) atoms. The van der Waals surface area contributed by atoms with Crippen LogP contribution < -0.4 is 0 Å². The van der Waals surface area contributed by atoms with Gasteiger partial charge in [-0.2, -0.15) is 0 Å². The zero-order valence-corrected chi connectivity index (χ0v) is 23.7. The summed E-state index contributed by atoms with van der Waals surface area (Å²) < 4.78 is 13.9. The number of hydrogen-bond acceptors (Lipinski definition) is 8. The number of ether oxygens (including phenoxy) is 2. The van der Waals surface area contributed by atoms with Crippen molar-refractivity contribution in [3.05, 3.63) is 36.9 Å². The number of rotatable bonds is 11. The van der Waals surface area contributed by atoms with E-state index in [0.29, 0.717) is 24.8 Å². The topological polar surface area (TPSA) is 127 Å². The van der Waals surface area contributed by atoms with E-state index >= 15 is 0 Å². The first kappa shape index (κ1) is 28.2. The van der Waals surface area contributed by atoms with Crippen LogP contribution in [0.2, 0.25) is 0 Å². The van der Waals surface area contributed by atoms with E-state index < -0.39 is 41.1 Å². The van der Waals surface area contributed by atoms with Gasteiger partial charge in [-0.3, -0.25) is 14.4 Å². The van der Waals surface area contributed by atoms with E-state index in [4.69, 9.17) is 9.47 Å². The Morgan fingerprint density at radius 1 is 1.30 bits per heavy atom. The van der Waals surface area contributed by atoms with E-state index in [0.717, 1.165) is 5.52 Å². The molecule has 6 atom stereocenters. The number of aliphatic hydroxyl groups is 1. The van der Waals surface area contributed by atoms with Crippen LogP contribution in [0.5, 0.6) is 0 Å². The van der Waals surface area contributed by atoms with Crippen LogP contribution in [0.15, 0.2) is 36.9 Å². The molecule has 216 valence electrons. The van der Waals surface area contributed by atoms with E-state index in [1.54, 1.807) is 22.6 Å². The minimum atomic E-state index is -1.21. The fraction of sp³-hybridized carbons (Fsp3) is 0.621. The number of carbonyl (C=O) groups is 3. The van der Waals surface area contributed by atoms with Crippen LogP contribution in [0.1, 0.15) is 47.0 Å². The lowest BCUT2D eigenvalue weighted by molar-refractivity contribution is -0.164. The molecule has 4 heterocycles. The summed E-state index contributed by atoms with van der Waals surface area (Å²) in [6, 6.07) is 5.80. The molecule has 1 N–H and O–H groups in total. The molecule has 2 amide bonds. The smallest absolute Gasteiger partial charge is 0.312 e. The summed E-state index contributed by atoms with van der Waals surface area (Å²) in [5, 5.41) is 18.9. The summed E-state index contributed by atoms with van der Waals surface area (Å²) in [6.45, 7) is 11.5. The van der Waals surface area contributed by atoms with Crippen molar-refractivity contribution >= 4 is 28.8 Å². The van der Waals surface area contributed by atoms with Crippen LogP contribution in [0.3, 0.4) is 0 Å². The third-order valence-electron chi connectivity index (χ3n) is 9.09. The second kappa shape index (κ2) is 10.6. The van der Waals surface area contributed by atoms with Gasteiger partial charge in [-0.1, -0.05) is 44.2 Å². The molecule has 2 bridgehead atoms. The lowest BCUT2D eigenvalue weighted by Gasteiger charge is -2.40. The lowest BCUT2D eigenvalue weighted by Crippen LogP contribution is -2.59. The fourth-order valence-corrected chi connectivity index (χ4v) is 7.23. The maximum absolute atomic E-state index is 14.7. The molecule has 1 aromatic heterocycles. The number of benzene rings is 1. The molecular weight excluding hydrogens is 514 g/mol. The highest BCUT2D eigenvalue weighted by molar-refractivity contribution is 5.98. The quantitative estimate of drug-likeness (QED) is 0.331. The Balaban J connectivity index is 1.60. The number of fused-ring (bicyclic) bond motifs is 2. The van der Waals surface area contributed by atoms with Gasteiger partial charge in [0.1, 0.15) is 29.7 Å². The molecule has 2 aromatic rings. The Morgan fingerprint density at radius 2 is 2.05 bits per heavy atom. The van der Waals surface area contributed by atoms with Crippen molar-refractivity contribution in [1.29, 1.82) is 0 Å². The van der Waals surface area contributed by atoms with Crippen LogP contribution >= 0.6 is 0 Å². The van der Waals surface area contributed by atoms with E-state index in [1.165, 1.54) is 4.90 Å². The van der Waals surface area contributed by atoms with Crippen molar-refractivity contribution in [3.63, 3.8) is 0 Å². The van der Waals surface area contributed by atoms with Crippen LogP contribution in [-0.4, -0.2) is 90.7 Å². The second-order valence-corrected chi connectivity index (χ2v) is 11.4. The molecule has 0 saturated carbocycles. The van der Waals surface area contributed by atoms with Crippen molar-refractivity contribution < 1.29 is 29.0 Å². The highest BCUT2D eigenvalue weighted by atomic mass is 16.6. The number of esters is 1. The Hall–Kier alpha value is -3.31. The zero-order chi connectivity index (χ0) is 28.8. The van der Waals surface area contributed by atoms with Gasteiger partial charge in [-0.25, -0.2) is 4.68 Å². The largest absolute Gasteiger partial charge is 0.466 e. The molecule has 5 rings (SSSR count). The van der Waals surface area contributed by atoms with E-state index in [9.17, 15) is 19.5 Å². The first-order valence-corrected chi connectivity index (χ1v) is 14.2. The van der Waals surface area contributed by atoms with Crippen molar-refractivity contribution in [2.75, 3.05) is 19.8 Å². The van der Waals surface area contributed by atoms with Crippen molar-refractivity contribution in [3.8, 4) is 0 Å². The molecule has 1 spiro atoms. The van der Waals surface area contributed by atoms with Crippen molar-refractivity contribution in [2.45, 2.75) is 76.9 Å². The fourth-order valence-electron chi connectivity index (χ4n) is 7.23. The van der Waals surface area contributed by atoms with Gasteiger partial charge in [-0.05, 0) is 44.2 Å². The predicted octanol–water partition coefficient (Wildman–Crippen LogP) is 2.14. The molecule has 3 fully saturated rings. The highest BCUT2D eigenvalue weighted by Crippen LogP contribution is 2.65. The number of para-hydroxylation sites is 1. The Morgan fingerprint density at radius 3 is 2.70 bits per heavy atom. The summed E-state index contributed by atoms with van der Waals surface area (Å²) in [6.07, 6.45) is 3.12. The standard InChI is InChI=1S/C29H39N5O6/c1-6-15-32(17-33-20-12-10-9-11-19(20)30-31-33)26(37)24-29-14-13-28(7-2,40-29)23(27(38)39-8-3)22(29)25(36)34(24)21(16-35)18(4)5/h6,9-12,18,21-24,35H,1,7-8,13-17H2,2-5H3/t21-,22-,23+,24?,28-,29?/m0/s1. The Bertz CT molecular complexity index is 1310. The number of aliphatic hydroxyl groups excluding tert-OH is 1. The molecule has 2 unspecified atom stereocenters. The average Bonchev–Trinajstić information content (AvgIpc) is 3.66. The maximum Gasteiger partial charge on any atom is 0.312 e. The van der Waals surface area contributed by atoms with Gasteiger partial charge in [0.2, 0.25) is 11.8 Å². The number of hydrogen-bond donors (Lipinski definition) is 1. The summed E-state index contributed by atoms with van der Waals surface area (Å²) in [5.74, 6) is -3.00. The highest BCUT2D eigenvalue weighted by Gasteiger charge is 2.79. The molecule has 3 aliphatic rings. The second-order valence-electron chi connectivity index (χ2n) is 11.4. The minimum Gasteiger partial charge on any atom is -0.466 e. The number of likely N-dealkylation sites (tertiary alicyclic amines) is 1. The van der Waals surface area contributed by atoms with Gasteiger partial charge in [0.25, 0.3) is 0 Å². The monoisotopic (exact) mass is 553 g/mol. The minimum absolute atomic E-state index is 0.0797. The van der Waals surface area contributed by atoms with Crippen LogP contribution in [0, 0.1) is 17.8 Å². The van der Waals surface area contributed by atoms with Crippen molar-refractivity contribution in [1.82, 2.24) is 24.8 Å². The Labute approximate surface area is 234 Å². The van der Waals surface area contributed by atoms with Crippen LogP contribution in [0.4, 0.5) is 0 Å². The molecule has 3 aliphatic heterocycles. The maximum atomic E-state index is 14.7. The number of amides is 2. The van der Waals surface area contributed by atoms with E-state index in [-0.39, 0.29) is 44.2 Å². The van der Waals surface area contributed by atoms with Gasteiger partial charge in [0.15, 0.2) is 0 Å². The summed E-state index contributed by atoms with van der Waals surface area (Å²) >= 11 is 0. The summed E-state index contributed by atoms with van der Waals surface area (Å²) in [7, 11) is 0. The lowest BCUT2D eigenvalue weighted by atomic mass is 9.65. The first-order chi connectivity index (χ1) is 19.2. The van der Waals surface area contributed by atoms with Crippen LogP contribution in [-0.2, 0) is 30.5 Å². The third-order valence-corrected chi connectivity index (χ3v) is 9.09. The van der Waals surface area contributed by atoms with Gasteiger partial charge >= 0.3 is 5.97 Å². The van der Waals surface area contributed by atoms with Gasteiger partial charge in [0.05, 0.1) is 36.3 Å². The number of carbonyl (C=O) groups excluding carboxylic acids is 3. The molecule has 1 aromatic carbocycles. The van der Waals surface area contributed by atoms with Crippen LogP contribution in [0.25, 0.3) is 11.0 Å². The third kappa shape index (κ3) is 4.04. The molecule has 11 heteroatoms. The normalized spacial score (nSPS) is 29.7. The van der Waals surface area contributed by atoms with Gasteiger partial charge in [0, 0.05) is 6.54 Å². The average molecular weight is 554 g/mol. The molecular formula is C29H39N5O6. The molecule has 11 nitrogen and oxygen atoms in total. The molecule has 0 radical (unpaired) electrons. The van der Waals surface area contributed by atoms with E-state index in [2.05, 4.69) is 16.9 Å². The van der Waals surface area contributed by atoms with E-state index in [1.807, 2.05) is 45.0 Å². The summed E-state index contributed by atoms with van der Waals surface area (Å²) in [5.41, 5.74) is -0.631. The molecule has 3 saturated heterocycles. The summed E-state index contributed by atoms with van der Waals surface area (Å²) in [4.78, 5) is 45.5. The number of nitrogens with zero attached hydrogens (tertiary/aromatic N) is 5. The van der Waals surface area contributed by atoms with Gasteiger partial charge < -0.3 is 24.4 Å². The number of aromatic nitrogens is 3. The first-order valence-electron chi connectivity index (χ1n) is 14.2. The Kier molecular flexibility index (Phi) is 7.47. The zero-order valence-electron chi connectivity index (χ0n) is 23.7. The van der Waals surface area contributed by atoms with Crippen molar-refractivity contribution in [2.24, 2.45) is 17.8 Å². The van der Waals surface area contributed by atoms with Gasteiger partial charge in [-0.15, -0.1) is 11.7 Å².